The van der Waals surface area contributed by atoms with Crippen molar-refractivity contribution in [1.82, 2.24) is 5.32 Å². The minimum atomic E-state index is 0.725. The summed E-state index contributed by atoms with van der Waals surface area (Å²) in [6.45, 7) is 7.13. The summed E-state index contributed by atoms with van der Waals surface area (Å²) in [6, 6.07) is 1.60. The standard InChI is InChI=1S/C17H31N/c1-4-11(2)5-12(3)18-17-15-7-13-6-14(9-15)10-16(17)8-13/h11-18H,4-10H2,1-3H3. The zero-order chi connectivity index (χ0) is 12.7. The monoisotopic (exact) mass is 249 g/mol. The molecule has 0 aromatic rings. The highest BCUT2D eigenvalue weighted by Crippen LogP contribution is 2.53. The molecule has 0 spiro atoms. The molecule has 4 fully saturated rings. The van der Waals surface area contributed by atoms with E-state index in [4.69, 9.17) is 0 Å². The van der Waals surface area contributed by atoms with E-state index in [0.717, 1.165) is 41.7 Å². The minimum absolute atomic E-state index is 0.725. The highest BCUT2D eigenvalue weighted by molar-refractivity contribution is 5.01. The summed E-state index contributed by atoms with van der Waals surface area (Å²) in [5.41, 5.74) is 0. The predicted octanol–water partition coefficient (Wildman–Crippen LogP) is 4.23. The first-order valence-corrected chi connectivity index (χ1v) is 8.41. The Kier molecular flexibility index (Phi) is 3.71. The lowest BCUT2D eigenvalue weighted by atomic mass is 9.54. The van der Waals surface area contributed by atoms with Gasteiger partial charge in [0.05, 0.1) is 0 Å². The molecule has 0 aromatic carbocycles. The van der Waals surface area contributed by atoms with Crippen LogP contribution in [0.3, 0.4) is 0 Å². The van der Waals surface area contributed by atoms with E-state index >= 15 is 0 Å². The fourth-order valence-corrected chi connectivity index (χ4v) is 5.36. The smallest absolute Gasteiger partial charge is 0.0126 e. The van der Waals surface area contributed by atoms with Crippen molar-refractivity contribution in [1.29, 1.82) is 0 Å². The Bertz CT molecular complexity index is 257. The minimum Gasteiger partial charge on any atom is -0.311 e. The third-order valence-electron chi connectivity index (χ3n) is 6.16. The average Bonchev–Trinajstić information content (AvgIpc) is 2.32. The van der Waals surface area contributed by atoms with Crippen LogP contribution >= 0.6 is 0 Å². The molecule has 4 aliphatic rings. The van der Waals surface area contributed by atoms with Gasteiger partial charge < -0.3 is 5.32 Å². The van der Waals surface area contributed by atoms with E-state index < -0.39 is 0 Å². The molecule has 0 radical (unpaired) electrons. The Balaban J connectivity index is 1.56. The third kappa shape index (κ3) is 2.48. The van der Waals surface area contributed by atoms with Gasteiger partial charge in [0.1, 0.15) is 0 Å². The highest BCUT2D eigenvalue weighted by atomic mass is 15.0. The van der Waals surface area contributed by atoms with Crippen LogP contribution in [0.2, 0.25) is 0 Å². The topological polar surface area (TPSA) is 12.0 Å². The Morgan fingerprint density at radius 2 is 1.50 bits per heavy atom. The fraction of sp³-hybridized carbons (Fsp3) is 1.00. The van der Waals surface area contributed by atoms with Crippen molar-refractivity contribution in [3.63, 3.8) is 0 Å². The summed E-state index contributed by atoms with van der Waals surface area (Å²) in [6.07, 6.45) is 10.4. The second-order valence-electron chi connectivity index (χ2n) is 7.77. The van der Waals surface area contributed by atoms with Gasteiger partial charge in [-0.05, 0) is 75.0 Å². The van der Waals surface area contributed by atoms with E-state index in [0.29, 0.717) is 0 Å². The molecule has 0 saturated heterocycles. The molecule has 18 heavy (non-hydrogen) atoms. The molecule has 0 aliphatic heterocycles. The van der Waals surface area contributed by atoms with Gasteiger partial charge in [0, 0.05) is 12.1 Å². The van der Waals surface area contributed by atoms with Gasteiger partial charge in [-0.1, -0.05) is 20.3 Å². The van der Waals surface area contributed by atoms with E-state index in [1.165, 1.54) is 12.8 Å². The van der Waals surface area contributed by atoms with Crippen molar-refractivity contribution >= 4 is 0 Å². The molecule has 0 amide bonds. The highest BCUT2D eigenvalue weighted by Gasteiger charge is 2.48. The van der Waals surface area contributed by atoms with Crippen molar-refractivity contribution in [3.05, 3.63) is 0 Å². The van der Waals surface area contributed by atoms with Crippen LogP contribution < -0.4 is 5.32 Å². The number of nitrogens with one attached hydrogen (secondary N) is 1. The van der Waals surface area contributed by atoms with Gasteiger partial charge in [0.25, 0.3) is 0 Å². The molecule has 1 heteroatoms. The van der Waals surface area contributed by atoms with E-state index in [9.17, 15) is 0 Å². The third-order valence-corrected chi connectivity index (χ3v) is 6.16. The lowest BCUT2D eigenvalue weighted by Crippen LogP contribution is -2.56. The summed E-state index contributed by atoms with van der Waals surface area (Å²) >= 11 is 0. The maximum Gasteiger partial charge on any atom is 0.0126 e. The van der Waals surface area contributed by atoms with Gasteiger partial charge in [-0.3, -0.25) is 0 Å². The quantitative estimate of drug-likeness (QED) is 0.769. The number of rotatable bonds is 5. The molecule has 4 bridgehead atoms. The van der Waals surface area contributed by atoms with Gasteiger partial charge in [-0.15, -0.1) is 0 Å². The van der Waals surface area contributed by atoms with Crippen LogP contribution in [-0.4, -0.2) is 12.1 Å². The molecule has 0 heterocycles. The number of hydrogen-bond acceptors (Lipinski definition) is 1. The van der Waals surface area contributed by atoms with Crippen LogP contribution in [0.1, 0.15) is 65.7 Å². The Morgan fingerprint density at radius 1 is 0.944 bits per heavy atom. The van der Waals surface area contributed by atoms with Gasteiger partial charge >= 0.3 is 0 Å². The molecule has 2 atom stereocenters. The van der Waals surface area contributed by atoms with E-state index in [-0.39, 0.29) is 0 Å². The van der Waals surface area contributed by atoms with Gasteiger partial charge in [-0.2, -0.15) is 0 Å². The number of hydrogen-bond donors (Lipinski definition) is 1. The molecule has 4 saturated carbocycles. The SMILES string of the molecule is CCC(C)CC(C)NC1C2CC3CC(C2)CC1C3. The predicted molar refractivity (Wildman–Crippen MR) is 77.5 cm³/mol. The van der Waals surface area contributed by atoms with Crippen molar-refractivity contribution < 1.29 is 0 Å². The van der Waals surface area contributed by atoms with Crippen molar-refractivity contribution in [3.8, 4) is 0 Å². The van der Waals surface area contributed by atoms with Crippen LogP contribution in [0, 0.1) is 29.6 Å². The van der Waals surface area contributed by atoms with Crippen molar-refractivity contribution in [2.45, 2.75) is 77.8 Å². The zero-order valence-corrected chi connectivity index (χ0v) is 12.5. The Hall–Kier alpha value is -0.0400. The van der Waals surface area contributed by atoms with Crippen LogP contribution in [-0.2, 0) is 0 Å². The molecule has 4 rings (SSSR count). The molecular weight excluding hydrogens is 218 g/mol. The maximum absolute atomic E-state index is 4.03. The molecule has 2 unspecified atom stereocenters. The summed E-state index contributed by atoms with van der Waals surface area (Å²) in [5.74, 6) is 5.15. The first kappa shape index (κ1) is 13.0. The second kappa shape index (κ2) is 5.15. The average molecular weight is 249 g/mol. The van der Waals surface area contributed by atoms with Crippen molar-refractivity contribution in [2.24, 2.45) is 29.6 Å². The lowest BCUT2D eigenvalue weighted by molar-refractivity contribution is -0.0178. The van der Waals surface area contributed by atoms with Gasteiger partial charge in [-0.25, -0.2) is 0 Å². The van der Waals surface area contributed by atoms with Crippen LogP contribution in [0.5, 0.6) is 0 Å². The van der Waals surface area contributed by atoms with Gasteiger partial charge in [0.2, 0.25) is 0 Å². The van der Waals surface area contributed by atoms with Crippen LogP contribution in [0.25, 0.3) is 0 Å². The fourth-order valence-electron chi connectivity index (χ4n) is 5.36. The summed E-state index contributed by atoms with van der Waals surface area (Å²) < 4.78 is 0. The first-order valence-electron chi connectivity index (χ1n) is 8.41. The normalized spacial score (nSPS) is 45.2. The summed E-state index contributed by atoms with van der Waals surface area (Å²) in [7, 11) is 0. The molecule has 1 N–H and O–H groups in total. The molecule has 0 aromatic heterocycles. The summed E-state index contributed by atoms with van der Waals surface area (Å²) in [4.78, 5) is 0. The summed E-state index contributed by atoms with van der Waals surface area (Å²) in [5, 5.41) is 4.03. The lowest BCUT2D eigenvalue weighted by Gasteiger charge is -2.55. The van der Waals surface area contributed by atoms with E-state index in [1.807, 2.05) is 0 Å². The van der Waals surface area contributed by atoms with Crippen molar-refractivity contribution in [2.75, 3.05) is 0 Å². The Labute approximate surface area is 113 Å². The first-order chi connectivity index (χ1) is 8.65. The van der Waals surface area contributed by atoms with Gasteiger partial charge in [0.15, 0.2) is 0 Å². The van der Waals surface area contributed by atoms with Crippen LogP contribution in [0.4, 0.5) is 0 Å². The van der Waals surface area contributed by atoms with Crippen LogP contribution in [0.15, 0.2) is 0 Å². The second-order valence-corrected chi connectivity index (χ2v) is 7.77. The van der Waals surface area contributed by atoms with E-state index in [1.54, 1.807) is 32.1 Å². The van der Waals surface area contributed by atoms with E-state index in [2.05, 4.69) is 26.1 Å². The zero-order valence-electron chi connectivity index (χ0n) is 12.5. The molecule has 104 valence electrons. The Morgan fingerprint density at radius 3 is 2.00 bits per heavy atom. The maximum atomic E-state index is 4.03. The largest absolute Gasteiger partial charge is 0.311 e. The molecule has 1 nitrogen and oxygen atoms in total. The molecular formula is C17H31N. The molecule has 4 aliphatic carbocycles.